The molecule has 10 heteroatoms. The number of hydrazine groups is 1. The summed E-state index contributed by atoms with van der Waals surface area (Å²) in [5.74, 6) is -0.00345. The average Bonchev–Trinajstić information content (AvgIpc) is 3.13. The van der Waals surface area contributed by atoms with E-state index < -0.39 is 11.8 Å². The Bertz CT molecular complexity index is 1130. The Morgan fingerprint density at radius 3 is 2.34 bits per heavy atom. The fourth-order valence-electron chi connectivity index (χ4n) is 2.82. The Hall–Kier alpha value is -3.30. The summed E-state index contributed by atoms with van der Waals surface area (Å²) in [4.78, 5) is 36.8. The van der Waals surface area contributed by atoms with Gasteiger partial charge in [-0.3, -0.25) is 25.2 Å². The minimum absolute atomic E-state index is 0.0433. The third-order valence-corrected chi connectivity index (χ3v) is 6.04. The Kier molecular flexibility index (Phi) is 7.91. The van der Waals surface area contributed by atoms with Gasteiger partial charge in [-0.05, 0) is 49.4 Å². The molecule has 0 aliphatic carbocycles. The minimum Gasteiger partial charge on any atom is -0.497 e. The van der Waals surface area contributed by atoms with Gasteiger partial charge in [0.25, 0.3) is 5.91 Å². The monoisotopic (exact) mass is 475 g/mol. The zero-order valence-corrected chi connectivity index (χ0v) is 19.1. The van der Waals surface area contributed by atoms with Crippen LogP contribution in [0, 0.1) is 0 Å². The van der Waals surface area contributed by atoms with Gasteiger partial charge in [-0.2, -0.15) is 0 Å². The molecule has 1 aromatic heterocycles. The maximum absolute atomic E-state index is 12.4. The first-order valence-corrected chi connectivity index (χ1v) is 11.0. The van der Waals surface area contributed by atoms with Gasteiger partial charge >= 0.3 is 0 Å². The zero-order valence-electron chi connectivity index (χ0n) is 17.5. The Morgan fingerprint density at radius 2 is 1.66 bits per heavy atom. The van der Waals surface area contributed by atoms with Crippen LogP contribution in [0.4, 0.5) is 5.69 Å². The van der Waals surface area contributed by atoms with Gasteiger partial charge in [-0.15, -0.1) is 11.3 Å². The molecule has 3 N–H and O–H groups in total. The molecule has 3 aromatic rings. The SMILES string of the molecule is CCOc1ccc(NC(=O)CCC(=O)NNC(=O)c2sc3cc(OC)ccc3c2Cl)cc1. The van der Waals surface area contributed by atoms with Crippen molar-refractivity contribution in [1.29, 1.82) is 0 Å². The number of thiophene rings is 1. The molecule has 0 unspecified atom stereocenters. The molecule has 0 radical (unpaired) electrons. The van der Waals surface area contributed by atoms with E-state index in [1.165, 1.54) is 11.3 Å². The van der Waals surface area contributed by atoms with Gasteiger partial charge < -0.3 is 14.8 Å². The first-order chi connectivity index (χ1) is 15.4. The van der Waals surface area contributed by atoms with Gasteiger partial charge in [0.15, 0.2) is 0 Å². The number of hydrogen-bond acceptors (Lipinski definition) is 6. The quantitative estimate of drug-likeness (QED) is 0.424. The van der Waals surface area contributed by atoms with E-state index in [0.717, 1.165) is 10.1 Å². The average molecular weight is 476 g/mol. The van der Waals surface area contributed by atoms with Crippen LogP contribution < -0.4 is 25.6 Å². The van der Waals surface area contributed by atoms with Crippen LogP contribution in [0.25, 0.3) is 10.1 Å². The van der Waals surface area contributed by atoms with Crippen LogP contribution in [0.3, 0.4) is 0 Å². The molecule has 2 aromatic carbocycles. The number of carbonyl (C=O) groups is 3. The Morgan fingerprint density at radius 1 is 0.969 bits per heavy atom. The van der Waals surface area contributed by atoms with Gasteiger partial charge in [-0.25, -0.2) is 0 Å². The molecule has 0 saturated heterocycles. The summed E-state index contributed by atoms with van der Waals surface area (Å²) in [5, 5.41) is 3.72. The Balaban J connectivity index is 1.47. The van der Waals surface area contributed by atoms with Crippen LogP contribution in [-0.2, 0) is 9.59 Å². The molecule has 3 amide bonds. The fourth-order valence-corrected chi connectivity index (χ4v) is 4.26. The number of hydrogen-bond donors (Lipinski definition) is 3. The maximum Gasteiger partial charge on any atom is 0.281 e. The third-order valence-electron chi connectivity index (χ3n) is 4.39. The first-order valence-electron chi connectivity index (χ1n) is 9.79. The van der Waals surface area contributed by atoms with Crippen molar-refractivity contribution in [3.63, 3.8) is 0 Å². The number of fused-ring (bicyclic) bond motifs is 1. The van der Waals surface area contributed by atoms with Crippen molar-refractivity contribution in [1.82, 2.24) is 10.9 Å². The second kappa shape index (κ2) is 10.8. The standard InChI is InChI=1S/C22H22ClN3O5S/c1-3-31-14-6-4-13(5-7-14)24-18(27)10-11-19(28)25-26-22(29)21-20(23)16-9-8-15(30-2)12-17(16)32-21/h4-9,12H,3,10-11H2,1-2H3,(H,24,27)(H,25,28)(H,26,29). The molecular formula is C22H22ClN3O5S. The lowest BCUT2D eigenvalue weighted by atomic mass is 10.2. The zero-order chi connectivity index (χ0) is 23.1. The number of rotatable bonds is 8. The van der Waals surface area contributed by atoms with Crippen LogP contribution in [0.5, 0.6) is 11.5 Å². The van der Waals surface area contributed by atoms with E-state index in [-0.39, 0.29) is 23.6 Å². The summed E-state index contributed by atoms with van der Waals surface area (Å²) < 4.78 is 11.3. The van der Waals surface area contributed by atoms with E-state index in [0.29, 0.717) is 28.8 Å². The van der Waals surface area contributed by atoms with Crippen molar-refractivity contribution < 1.29 is 23.9 Å². The van der Waals surface area contributed by atoms with E-state index in [4.69, 9.17) is 21.1 Å². The number of halogens is 1. The molecule has 0 spiro atoms. The summed E-state index contributed by atoms with van der Waals surface area (Å²) in [6.07, 6.45) is -0.140. The smallest absolute Gasteiger partial charge is 0.281 e. The highest BCUT2D eigenvalue weighted by molar-refractivity contribution is 7.21. The molecular weight excluding hydrogens is 454 g/mol. The summed E-state index contributed by atoms with van der Waals surface area (Å²) in [7, 11) is 1.55. The molecule has 0 aliphatic rings. The molecule has 0 fully saturated rings. The number of carbonyl (C=O) groups excluding carboxylic acids is 3. The highest BCUT2D eigenvalue weighted by Crippen LogP contribution is 2.37. The molecule has 0 saturated carbocycles. The van der Waals surface area contributed by atoms with E-state index in [9.17, 15) is 14.4 Å². The minimum atomic E-state index is -0.539. The van der Waals surface area contributed by atoms with Crippen molar-refractivity contribution in [2.24, 2.45) is 0 Å². The lowest BCUT2D eigenvalue weighted by Crippen LogP contribution is -2.41. The molecule has 32 heavy (non-hydrogen) atoms. The van der Waals surface area contributed by atoms with Crippen LogP contribution in [0.1, 0.15) is 29.4 Å². The van der Waals surface area contributed by atoms with Gasteiger partial charge in [0.2, 0.25) is 11.8 Å². The molecule has 8 nitrogen and oxygen atoms in total. The first kappa shape index (κ1) is 23.4. The van der Waals surface area contributed by atoms with Gasteiger partial charge in [0, 0.05) is 28.6 Å². The number of nitrogens with one attached hydrogen (secondary N) is 3. The van der Waals surface area contributed by atoms with Crippen molar-refractivity contribution in [2.75, 3.05) is 19.0 Å². The third kappa shape index (κ3) is 5.89. The Labute approximate surface area is 193 Å². The number of methoxy groups -OCH3 is 1. The number of ether oxygens (including phenoxy) is 2. The number of anilines is 1. The molecule has 0 aliphatic heterocycles. The highest BCUT2D eigenvalue weighted by atomic mass is 35.5. The van der Waals surface area contributed by atoms with Gasteiger partial charge in [0.05, 0.1) is 18.7 Å². The molecule has 0 atom stereocenters. The van der Waals surface area contributed by atoms with E-state index in [2.05, 4.69) is 16.2 Å². The normalized spacial score (nSPS) is 10.5. The largest absolute Gasteiger partial charge is 0.497 e. The van der Waals surface area contributed by atoms with Crippen LogP contribution in [0.15, 0.2) is 42.5 Å². The van der Waals surface area contributed by atoms with Crippen LogP contribution in [-0.4, -0.2) is 31.4 Å². The van der Waals surface area contributed by atoms with E-state index in [1.807, 2.05) is 6.92 Å². The second-order valence-corrected chi connectivity index (χ2v) is 8.05. The summed E-state index contributed by atoms with van der Waals surface area (Å²) in [6, 6.07) is 12.2. The van der Waals surface area contributed by atoms with Crippen molar-refractivity contribution in [2.45, 2.75) is 19.8 Å². The van der Waals surface area contributed by atoms with Crippen molar-refractivity contribution in [3.8, 4) is 11.5 Å². The molecule has 0 bridgehead atoms. The second-order valence-electron chi connectivity index (χ2n) is 6.62. The van der Waals surface area contributed by atoms with Crippen molar-refractivity contribution >= 4 is 56.4 Å². The maximum atomic E-state index is 12.4. The lowest BCUT2D eigenvalue weighted by Gasteiger charge is -2.08. The highest BCUT2D eigenvalue weighted by Gasteiger charge is 2.18. The summed E-state index contributed by atoms with van der Waals surface area (Å²) >= 11 is 7.49. The van der Waals surface area contributed by atoms with E-state index in [1.54, 1.807) is 49.6 Å². The lowest BCUT2D eigenvalue weighted by molar-refractivity contribution is -0.124. The van der Waals surface area contributed by atoms with Gasteiger partial charge in [-0.1, -0.05) is 11.6 Å². The van der Waals surface area contributed by atoms with Crippen LogP contribution >= 0.6 is 22.9 Å². The van der Waals surface area contributed by atoms with Crippen LogP contribution in [0.2, 0.25) is 5.02 Å². The van der Waals surface area contributed by atoms with Gasteiger partial charge in [0.1, 0.15) is 16.4 Å². The number of benzene rings is 2. The van der Waals surface area contributed by atoms with E-state index >= 15 is 0 Å². The molecule has 168 valence electrons. The number of amides is 3. The molecule has 1 heterocycles. The van der Waals surface area contributed by atoms with Crippen molar-refractivity contribution in [3.05, 3.63) is 52.4 Å². The fraction of sp³-hybridized carbons (Fsp3) is 0.227. The molecule has 3 rings (SSSR count). The summed E-state index contributed by atoms with van der Waals surface area (Å²) in [6.45, 7) is 2.44. The topological polar surface area (TPSA) is 106 Å². The summed E-state index contributed by atoms with van der Waals surface area (Å²) in [5.41, 5.74) is 5.24. The predicted octanol–water partition coefficient (Wildman–Crippen LogP) is 4.14. The predicted molar refractivity (Wildman–Crippen MR) is 124 cm³/mol.